The highest BCUT2D eigenvalue weighted by molar-refractivity contribution is 5.66. The Morgan fingerprint density at radius 3 is 2.85 bits per heavy atom. The van der Waals surface area contributed by atoms with E-state index in [2.05, 4.69) is 0 Å². The van der Waals surface area contributed by atoms with E-state index in [4.69, 9.17) is 0 Å². The summed E-state index contributed by atoms with van der Waals surface area (Å²) >= 11 is 0. The molecule has 1 aromatic carbocycles. The fourth-order valence-corrected chi connectivity index (χ4v) is 3.05. The summed E-state index contributed by atoms with van der Waals surface area (Å²) in [5.74, 6) is -0.425. The van der Waals surface area contributed by atoms with Crippen LogP contribution in [-0.4, -0.2) is 33.3 Å². The molecule has 0 radical (unpaired) electrons. The van der Waals surface area contributed by atoms with Crippen molar-refractivity contribution in [3.05, 3.63) is 35.6 Å². The van der Waals surface area contributed by atoms with E-state index in [0.717, 1.165) is 19.3 Å². The summed E-state index contributed by atoms with van der Waals surface area (Å²) < 4.78 is 13.2. The summed E-state index contributed by atoms with van der Waals surface area (Å²) in [7, 11) is 0. The van der Waals surface area contributed by atoms with Crippen LogP contribution in [0.2, 0.25) is 0 Å². The van der Waals surface area contributed by atoms with Crippen LogP contribution in [0.4, 0.5) is 9.18 Å². The normalized spacial score (nSPS) is 23.9. The van der Waals surface area contributed by atoms with Crippen LogP contribution >= 0.6 is 0 Å². The molecule has 1 aromatic rings. The molecule has 1 aliphatic rings. The number of likely N-dealkylation sites (tertiary alicyclic amines) is 1. The third-order valence-corrected chi connectivity index (χ3v) is 3.94. The molecule has 0 aromatic heterocycles. The zero-order chi connectivity index (χ0) is 14.7. The lowest BCUT2D eigenvalue weighted by atomic mass is 10.0. The number of hydrogen-bond acceptors (Lipinski definition) is 2. The van der Waals surface area contributed by atoms with Crippen LogP contribution < -0.4 is 0 Å². The van der Waals surface area contributed by atoms with Crippen molar-refractivity contribution in [2.75, 3.05) is 0 Å². The Kier molecular flexibility index (Phi) is 4.60. The molecular formula is C15H20FNO3. The molecule has 1 amide bonds. The first-order chi connectivity index (χ1) is 9.54. The fourth-order valence-electron chi connectivity index (χ4n) is 3.05. The molecule has 1 fully saturated rings. The average Bonchev–Trinajstić information content (AvgIpc) is 2.82. The second-order valence-corrected chi connectivity index (χ2v) is 5.28. The standard InChI is InChI=1S/C15H20FNO3/c1-2-4-12-7-8-13(17(12)15(19)20)14(18)10-5-3-6-11(16)9-10/h3,5-6,9,12-14,18H,2,4,7-8H2,1H3,(H,19,20)/t12-,13-,14-/m0/s1. The number of carboxylic acid groups (broad SMARTS) is 1. The fraction of sp³-hybridized carbons (Fsp3) is 0.533. The first-order valence-electron chi connectivity index (χ1n) is 6.99. The Labute approximate surface area is 117 Å². The number of nitrogens with zero attached hydrogens (tertiary/aromatic N) is 1. The predicted octanol–water partition coefficient (Wildman–Crippen LogP) is 3.17. The quantitative estimate of drug-likeness (QED) is 0.891. The minimum absolute atomic E-state index is 0.0503. The Morgan fingerprint density at radius 2 is 2.25 bits per heavy atom. The maximum Gasteiger partial charge on any atom is 0.407 e. The molecule has 0 aliphatic carbocycles. The number of aliphatic hydroxyl groups excluding tert-OH is 1. The third kappa shape index (κ3) is 2.93. The van der Waals surface area contributed by atoms with E-state index < -0.39 is 24.1 Å². The van der Waals surface area contributed by atoms with Crippen molar-refractivity contribution in [1.29, 1.82) is 0 Å². The van der Waals surface area contributed by atoms with Gasteiger partial charge in [0, 0.05) is 6.04 Å². The van der Waals surface area contributed by atoms with Crippen molar-refractivity contribution < 1.29 is 19.4 Å². The van der Waals surface area contributed by atoms with E-state index in [-0.39, 0.29) is 6.04 Å². The van der Waals surface area contributed by atoms with Gasteiger partial charge in [0.05, 0.1) is 12.1 Å². The van der Waals surface area contributed by atoms with Crippen molar-refractivity contribution in [1.82, 2.24) is 4.90 Å². The van der Waals surface area contributed by atoms with Crippen LogP contribution in [0.1, 0.15) is 44.3 Å². The van der Waals surface area contributed by atoms with Crippen LogP contribution in [0.25, 0.3) is 0 Å². The lowest BCUT2D eigenvalue weighted by molar-refractivity contribution is 0.0525. The van der Waals surface area contributed by atoms with Crippen LogP contribution in [0, 0.1) is 5.82 Å². The molecular weight excluding hydrogens is 261 g/mol. The monoisotopic (exact) mass is 281 g/mol. The molecule has 5 heteroatoms. The van der Waals surface area contributed by atoms with Gasteiger partial charge in [-0.3, -0.25) is 4.90 Å². The second kappa shape index (κ2) is 6.22. The summed E-state index contributed by atoms with van der Waals surface area (Å²) in [6.45, 7) is 2.01. The number of carbonyl (C=O) groups is 1. The van der Waals surface area contributed by atoms with Gasteiger partial charge in [-0.05, 0) is 37.0 Å². The predicted molar refractivity (Wildman–Crippen MR) is 72.9 cm³/mol. The molecule has 0 saturated carbocycles. The molecule has 1 aliphatic heterocycles. The zero-order valence-electron chi connectivity index (χ0n) is 11.5. The Bertz CT molecular complexity index is 480. The van der Waals surface area contributed by atoms with E-state index in [1.807, 2.05) is 6.92 Å². The van der Waals surface area contributed by atoms with Gasteiger partial charge in [-0.2, -0.15) is 0 Å². The number of rotatable bonds is 4. The molecule has 2 N–H and O–H groups in total. The minimum atomic E-state index is -1.01. The molecule has 110 valence electrons. The van der Waals surface area contributed by atoms with Gasteiger partial charge in [-0.25, -0.2) is 9.18 Å². The highest BCUT2D eigenvalue weighted by Crippen LogP contribution is 2.35. The lowest BCUT2D eigenvalue weighted by Crippen LogP contribution is -2.43. The first kappa shape index (κ1) is 14.8. The van der Waals surface area contributed by atoms with Crippen LogP contribution in [0.3, 0.4) is 0 Å². The summed E-state index contributed by atoms with van der Waals surface area (Å²) in [6.07, 6.45) is 1.05. The molecule has 0 unspecified atom stereocenters. The Balaban J connectivity index is 2.20. The summed E-state index contributed by atoms with van der Waals surface area (Å²) in [5.41, 5.74) is 0.429. The third-order valence-electron chi connectivity index (χ3n) is 3.94. The average molecular weight is 281 g/mol. The van der Waals surface area contributed by atoms with Crippen LogP contribution in [0.15, 0.2) is 24.3 Å². The number of aliphatic hydroxyl groups is 1. The molecule has 1 saturated heterocycles. The molecule has 1 heterocycles. The number of hydrogen-bond donors (Lipinski definition) is 2. The van der Waals surface area contributed by atoms with Crippen molar-refractivity contribution >= 4 is 6.09 Å². The van der Waals surface area contributed by atoms with E-state index in [1.54, 1.807) is 6.07 Å². The molecule has 0 spiro atoms. The van der Waals surface area contributed by atoms with Crippen molar-refractivity contribution in [3.63, 3.8) is 0 Å². The van der Waals surface area contributed by atoms with Gasteiger partial charge >= 0.3 is 6.09 Å². The van der Waals surface area contributed by atoms with Gasteiger partial charge in [0.1, 0.15) is 5.82 Å². The van der Waals surface area contributed by atoms with Crippen molar-refractivity contribution in [2.24, 2.45) is 0 Å². The van der Waals surface area contributed by atoms with E-state index >= 15 is 0 Å². The smallest absolute Gasteiger partial charge is 0.407 e. The van der Waals surface area contributed by atoms with E-state index in [9.17, 15) is 19.4 Å². The van der Waals surface area contributed by atoms with Gasteiger partial charge in [-0.1, -0.05) is 25.5 Å². The molecule has 20 heavy (non-hydrogen) atoms. The largest absolute Gasteiger partial charge is 0.465 e. The van der Waals surface area contributed by atoms with Gasteiger partial charge < -0.3 is 10.2 Å². The highest BCUT2D eigenvalue weighted by atomic mass is 19.1. The van der Waals surface area contributed by atoms with Crippen molar-refractivity contribution in [2.45, 2.75) is 50.8 Å². The van der Waals surface area contributed by atoms with Crippen LogP contribution in [-0.2, 0) is 0 Å². The van der Waals surface area contributed by atoms with Gasteiger partial charge in [0.25, 0.3) is 0 Å². The van der Waals surface area contributed by atoms with Crippen LogP contribution in [0.5, 0.6) is 0 Å². The molecule has 2 rings (SSSR count). The molecule has 0 bridgehead atoms. The van der Waals surface area contributed by atoms with Crippen molar-refractivity contribution in [3.8, 4) is 0 Å². The number of amides is 1. The maximum atomic E-state index is 13.2. The number of halogens is 1. The summed E-state index contributed by atoms with van der Waals surface area (Å²) in [4.78, 5) is 12.8. The van der Waals surface area contributed by atoms with E-state index in [0.29, 0.717) is 12.0 Å². The maximum absolute atomic E-state index is 13.2. The summed E-state index contributed by atoms with van der Waals surface area (Å²) in [5, 5.41) is 19.8. The SMILES string of the molecule is CCC[C@H]1CC[C@@H]([C@@H](O)c2cccc(F)c2)N1C(=O)O. The highest BCUT2D eigenvalue weighted by Gasteiger charge is 2.40. The zero-order valence-corrected chi connectivity index (χ0v) is 11.5. The van der Waals surface area contributed by atoms with Gasteiger partial charge in [0.2, 0.25) is 0 Å². The van der Waals surface area contributed by atoms with Gasteiger partial charge in [0.15, 0.2) is 0 Å². The number of benzene rings is 1. The van der Waals surface area contributed by atoms with E-state index in [1.165, 1.54) is 23.1 Å². The lowest BCUT2D eigenvalue weighted by Gasteiger charge is -2.30. The summed E-state index contributed by atoms with van der Waals surface area (Å²) in [6, 6.07) is 5.17. The van der Waals surface area contributed by atoms with Gasteiger partial charge in [-0.15, -0.1) is 0 Å². The minimum Gasteiger partial charge on any atom is -0.465 e. The Hall–Kier alpha value is -1.62. The molecule has 3 atom stereocenters. The second-order valence-electron chi connectivity index (χ2n) is 5.28. The molecule has 4 nitrogen and oxygen atoms in total. The Morgan fingerprint density at radius 1 is 1.50 bits per heavy atom. The topological polar surface area (TPSA) is 60.8 Å². The first-order valence-corrected chi connectivity index (χ1v) is 6.99.